The molecule has 0 aliphatic heterocycles. The lowest BCUT2D eigenvalue weighted by Gasteiger charge is -1.94. The Hall–Kier alpha value is -1.15. The van der Waals surface area contributed by atoms with Crippen molar-refractivity contribution in [1.29, 1.82) is 0 Å². The highest BCUT2D eigenvalue weighted by atomic mass is 32.1. The number of nitrogens with zero attached hydrogens (tertiary/aromatic N) is 1. The summed E-state index contributed by atoms with van der Waals surface area (Å²) in [6, 6.07) is 8.63. The quantitative estimate of drug-likeness (QED) is 0.608. The molecular weight excluding hydrogens is 178 g/mol. The Morgan fingerprint density at radius 3 is 2.38 bits per heavy atom. The van der Waals surface area contributed by atoms with E-state index in [0.29, 0.717) is 0 Å². The number of aromatic nitrogens is 1. The summed E-state index contributed by atoms with van der Waals surface area (Å²) in [7, 11) is 2.08. The summed E-state index contributed by atoms with van der Waals surface area (Å²) in [4.78, 5) is 0. The summed E-state index contributed by atoms with van der Waals surface area (Å²) >= 11 is 1.77. The fraction of sp³-hybridized carbons (Fsp3) is 0.182. The van der Waals surface area contributed by atoms with E-state index in [2.05, 4.69) is 54.4 Å². The molecule has 0 saturated heterocycles. The number of thiazole rings is 1. The number of benzene rings is 1. The zero-order chi connectivity index (χ0) is 9.26. The Kier molecular flexibility index (Phi) is 2.15. The van der Waals surface area contributed by atoms with Gasteiger partial charge in [-0.25, -0.2) is 0 Å². The molecule has 0 N–H and O–H groups in total. The van der Waals surface area contributed by atoms with Crippen molar-refractivity contribution in [2.75, 3.05) is 0 Å². The highest BCUT2D eigenvalue weighted by Crippen LogP contribution is 2.19. The van der Waals surface area contributed by atoms with Gasteiger partial charge in [-0.3, -0.25) is 0 Å². The zero-order valence-electron chi connectivity index (χ0n) is 7.82. The van der Waals surface area contributed by atoms with Gasteiger partial charge in [-0.15, -0.1) is 0 Å². The van der Waals surface area contributed by atoms with Crippen LogP contribution in [0.1, 0.15) is 5.56 Å². The minimum atomic E-state index is 1.29. The Morgan fingerprint density at radius 1 is 1.15 bits per heavy atom. The molecule has 13 heavy (non-hydrogen) atoms. The lowest BCUT2D eigenvalue weighted by atomic mass is 10.2. The smallest absolute Gasteiger partial charge is 0.191 e. The third kappa shape index (κ3) is 1.63. The van der Waals surface area contributed by atoms with Gasteiger partial charge in [0, 0.05) is 0 Å². The van der Waals surface area contributed by atoms with Crippen LogP contribution >= 0.6 is 11.3 Å². The Bertz CT molecular complexity index is 400. The lowest BCUT2D eigenvalue weighted by Crippen LogP contribution is -2.26. The first-order valence-electron chi connectivity index (χ1n) is 4.27. The maximum absolute atomic E-state index is 2.17. The van der Waals surface area contributed by atoms with E-state index in [1.54, 1.807) is 11.3 Å². The SMILES string of the molecule is Cc1ccc(-c2scc[n+]2C)cc1. The van der Waals surface area contributed by atoms with Crippen LogP contribution in [0.15, 0.2) is 35.8 Å². The van der Waals surface area contributed by atoms with E-state index in [1.165, 1.54) is 16.1 Å². The maximum atomic E-state index is 2.17. The molecule has 2 aromatic rings. The van der Waals surface area contributed by atoms with Gasteiger partial charge in [0.1, 0.15) is 7.05 Å². The minimum absolute atomic E-state index is 1.29. The normalized spacial score (nSPS) is 10.3. The highest BCUT2D eigenvalue weighted by molar-refractivity contribution is 7.12. The molecule has 1 aromatic heterocycles. The molecule has 0 fully saturated rings. The Morgan fingerprint density at radius 2 is 1.85 bits per heavy atom. The predicted octanol–water partition coefficient (Wildman–Crippen LogP) is 2.55. The molecule has 1 heterocycles. The lowest BCUT2D eigenvalue weighted by molar-refractivity contribution is -0.655. The average Bonchev–Trinajstić information content (AvgIpc) is 2.53. The summed E-state index contributed by atoms with van der Waals surface area (Å²) in [5.41, 5.74) is 2.60. The first kappa shape index (κ1) is 8.45. The maximum Gasteiger partial charge on any atom is 0.268 e. The summed E-state index contributed by atoms with van der Waals surface area (Å²) in [5, 5.41) is 3.41. The molecule has 0 atom stereocenters. The number of hydrogen-bond acceptors (Lipinski definition) is 1. The van der Waals surface area contributed by atoms with Crippen LogP contribution < -0.4 is 4.57 Å². The molecule has 0 radical (unpaired) electrons. The van der Waals surface area contributed by atoms with E-state index < -0.39 is 0 Å². The Labute approximate surface area is 82.3 Å². The molecule has 66 valence electrons. The van der Waals surface area contributed by atoms with Crippen molar-refractivity contribution < 1.29 is 4.57 Å². The van der Waals surface area contributed by atoms with Gasteiger partial charge in [0.25, 0.3) is 5.01 Å². The molecule has 0 aliphatic rings. The highest BCUT2D eigenvalue weighted by Gasteiger charge is 2.09. The average molecular weight is 190 g/mol. The Balaban J connectivity index is 2.47. The van der Waals surface area contributed by atoms with E-state index in [-0.39, 0.29) is 0 Å². The van der Waals surface area contributed by atoms with E-state index in [9.17, 15) is 0 Å². The first-order valence-corrected chi connectivity index (χ1v) is 5.15. The van der Waals surface area contributed by atoms with Crippen LogP contribution in [-0.4, -0.2) is 0 Å². The van der Waals surface area contributed by atoms with Crippen molar-refractivity contribution >= 4 is 11.3 Å². The van der Waals surface area contributed by atoms with Gasteiger partial charge in [0.2, 0.25) is 0 Å². The number of aryl methyl sites for hydroxylation is 2. The van der Waals surface area contributed by atoms with E-state index in [4.69, 9.17) is 0 Å². The van der Waals surface area contributed by atoms with E-state index in [0.717, 1.165) is 0 Å². The van der Waals surface area contributed by atoms with Gasteiger partial charge in [-0.1, -0.05) is 29.0 Å². The van der Waals surface area contributed by atoms with Crippen LogP contribution in [0.4, 0.5) is 0 Å². The molecule has 0 aliphatic carbocycles. The van der Waals surface area contributed by atoms with Gasteiger partial charge in [-0.2, -0.15) is 4.57 Å². The molecule has 2 heteroatoms. The predicted molar refractivity (Wildman–Crippen MR) is 55.7 cm³/mol. The molecule has 2 rings (SSSR count). The summed E-state index contributed by atoms with van der Waals surface area (Å²) in [5.74, 6) is 0. The van der Waals surface area contributed by atoms with Crippen LogP contribution in [0, 0.1) is 6.92 Å². The topological polar surface area (TPSA) is 3.88 Å². The fourth-order valence-electron chi connectivity index (χ4n) is 1.30. The van der Waals surface area contributed by atoms with Gasteiger partial charge < -0.3 is 0 Å². The molecule has 1 aromatic carbocycles. The van der Waals surface area contributed by atoms with Crippen LogP contribution in [0.2, 0.25) is 0 Å². The fourth-order valence-corrected chi connectivity index (χ4v) is 2.18. The molecule has 0 spiro atoms. The van der Waals surface area contributed by atoms with Crippen LogP contribution in [-0.2, 0) is 7.05 Å². The van der Waals surface area contributed by atoms with Gasteiger partial charge in [-0.05, 0) is 19.1 Å². The van der Waals surface area contributed by atoms with Gasteiger partial charge in [0.05, 0.1) is 10.9 Å². The van der Waals surface area contributed by atoms with Crippen LogP contribution in [0.3, 0.4) is 0 Å². The van der Waals surface area contributed by atoms with Crippen molar-refractivity contribution in [2.24, 2.45) is 7.05 Å². The second kappa shape index (κ2) is 3.30. The van der Waals surface area contributed by atoms with Gasteiger partial charge in [0.15, 0.2) is 6.20 Å². The largest absolute Gasteiger partial charge is 0.268 e. The standard InChI is InChI=1S/C11H12NS/c1-9-3-5-10(6-4-9)11-12(2)7-8-13-11/h3-8H,1-2H3/q+1. The molecule has 1 nitrogen and oxygen atoms in total. The van der Waals surface area contributed by atoms with E-state index in [1.807, 2.05) is 0 Å². The van der Waals surface area contributed by atoms with Gasteiger partial charge >= 0.3 is 0 Å². The van der Waals surface area contributed by atoms with Crippen molar-refractivity contribution in [2.45, 2.75) is 6.92 Å². The van der Waals surface area contributed by atoms with E-state index >= 15 is 0 Å². The first-order chi connectivity index (χ1) is 6.27. The molecular formula is C11H12NS+. The number of hydrogen-bond donors (Lipinski definition) is 0. The third-order valence-corrected chi connectivity index (χ3v) is 3.09. The third-order valence-electron chi connectivity index (χ3n) is 2.08. The van der Waals surface area contributed by atoms with Crippen molar-refractivity contribution in [3.05, 3.63) is 41.4 Å². The summed E-state index contributed by atoms with van der Waals surface area (Å²) in [6.45, 7) is 2.11. The molecule has 0 saturated carbocycles. The van der Waals surface area contributed by atoms with Crippen LogP contribution in [0.25, 0.3) is 10.6 Å². The van der Waals surface area contributed by atoms with Crippen molar-refractivity contribution in [1.82, 2.24) is 0 Å². The van der Waals surface area contributed by atoms with Crippen LogP contribution in [0.5, 0.6) is 0 Å². The second-order valence-electron chi connectivity index (χ2n) is 3.19. The monoisotopic (exact) mass is 190 g/mol. The van der Waals surface area contributed by atoms with Crippen molar-refractivity contribution in [3.8, 4) is 10.6 Å². The minimum Gasteiger partial charge on any atom is -0.191 e. The molecule has 0 bridgehead atoms. The molecule has 0 unspecified atom stereocenters. The number of rotatable bonds is 1. The summed E-state index contributed by atoms with van der Waals surface area (Å²) in [6.07, 6.45) is 2.08. The summed E-state index contributed by atoms with van der Waals surface area (Å²) < 4.78 is 2.15. The second-order valence-corrected chi connectivity index (χ2v) is 4.08. The molecule has 0 amide bonds. The zero-order valence-corrected chi connectivity index (χ0v) is 8.64. The van der Waals surface area contributed by atoms with Crippen molar-refractivity contribution in [3.63, 3.8) is 0 Å².